The Kier molecular flexibility index (Phi) is 12.3. The van der Waals surface area contributed by atoms with E-state index in [2.05, 4.69) is 47.6 Å². The number of furan rings is 1. The first kappa shape index (κ1) is 38.1. The van der Waals surface area contributed by atoms with Crippen LogP contribution in [0.3, 0.4) is 0 Å². The van der Waals surface area contributed by atoms with Gasteiger partial charge in [0, 0.05) is 25.3 Å². The van der Waals surface area contributed by atoms with Gasteiger partial charge in [0.2, 0.25) is 17.6 Å². The van der Waals surface area contributed by atoms with Crippen molar-refractivity contribution in [3.63, 3.8) is 0 Å². The van der Waals surface area contributed by atoms with Gasteiger partial charge in [-0.15, -0.1) is 18.9 Å². The number of hydrogen-bond donors (Lipinski definition) is 4. The highest BCUT2D eigenvalue weighted by Gasteiger charge is 2.70. The fourth-order valence-corrected chi connectivity index (χ4v) is 8.69. The molecule has 1 saturated heterocycles. The Morgan fingerprint density at radius 3 is 2.49 bits per heavy atom. The lowest BCUT2D eigenvalue weighted by atomic mass is 9.83. The molecule has 4 N–H and O–H groups in total. The fourth-order valence-electron chi connectivity index (χ4n) is 7.48. The van der Waals surface area contributed by atoms with E-state index in [1.54, 1.807) is 22.9 Å². The Balaban J connectivity index is 1.50. The average molecular weight is 696 g/mol. The molecule has 1 aromatic rings. The van der Waals surface area contributed by atoms with E-state index in [9.17, 15) is 24.0 Å². The minimum atomic E-state index is -1.15. The summed E-state index contributed by atoms with van der Waals surface area (Å²) in [5.74, 6) is 2.19. The number of carbonyl (C=O) groups excluding carboxylic acids is 5. The maximum atomic E-state index is 14.4. The number of nitrogens with one attached hydrogen (secondary N) is 4. The second-order valence-corrected chi connectivity index (χ2v) is 16.4. The molecule has 49 heavy (non-hydrogen) atoms. The van der Waals surface area contributed by atoms with Gasteiger partial charge in [-0.05, 0) is 54.1 Å². The maximum absolute atomic E-state index is 14.4. The van der Waals surface area contributed by atoms with Gasteiger partial charge >= 0.3 is 6.03 Å². The van der Waals surface area contributed by atoms with Crippen LogP contribution < -0.4 is 21.3 Å². The van der Waals surface area contributed by atoms with Crippen LogP contribution in [0.5, 0.6) is 0 Å². The Labute approximate surface area is 294 Å². The highest BCUT2D eigenvalue weighted by Crippen LogP contribution is 2.65. The third kappa shape index (κ3) is 9.10. The molecule has 2 aliphatic carbocycles. The van der Waals surface area contributed by atoms with Crippen LogP contribution >= 0.6 is 11.8 Å². The van der Waals surface area contributed by atoms with Gasteiger partial charge in [-0.2, -0.15) is 11.8 Å². The van der Waals surface area contributed by atoms with Gasteiger partial charge in [-0.3, -0.25) is 19.2 Å². The summed E-state index contributed by atoms with van der Waals surface area (Å²) < 4.78 is 5.49. The first-order valence-electron chi connectivity index (χ1n) is 17.3. The molecule has 12 heteroatoms. The number of thioether (sulfide) groups is 1. The molecule has 1 unspecified atom stereocenters. The molecule has 2 heterocycles. The molecule has 1 aromatic heterocycles. The molecule has 5 atom stereocenters. The van der Waals surface area contributed by atoms with Gasteiger partial charge in [-0.25, -0.2) is 4.79 Å². The lowest BCUT2D eigenvalue weighted by Crippen LogP contribution is -2.63. The van der Waals surface area contributed by atoms with Gasteiger partial charge in [0.05, 0.1) is 23.6 Å². The molecule has 11 nitrogen and oxygen atoms in total. The van der Waals surface area contributed by atoms with Gasteiger partial charge in [0.15, 0.2) is 0 Å². The van der Waals surface area contributed by atoms with Crippen molar-refractivity contribution < 1.29 is 28.4 Å². The summed E-state index contributed by atoms with van der Waals surface area (Å²) in [6, 6.07) is 0.441. The number of ketones is 1. The quantitative estimate of drug-likeness (QED) is 0.122. The molecule has 2 saturated carbocycles. The summed E-state index contributed by atoms with van der Waals surface area (Å²) in [6.07, 6.45) is 13.6. The number of fused-ring (bicyclic) bond motifs is 1. The topological polar surface area (TPSA) is 150 Å². The maximum Gasteiger partial charge on any atom is 0.315 e. The zero-order chi connectivity index (χ0) is 36.0. The van der Waals surface area contributed by atoms with Crippen molar-refractivity contribution in [2.45, 2.75) is 109 Å². The fraction of sp³-hybridized carbons (Fsp3) is 0.649. The highest BCUT2D eigenvalue weighted by molar-refractivity contribution is 7.98. The Morgan fingerprint density at radius 1 is 1.16 bits per heavy atom. The number of rotatable bonds is 15. The molecular formula is C37H53N5O6S. The van der Waals surface area contributed by atoms with Gasteiger partial charge in [0.25, 0.3) is 5.91 Å². The molecule has 0 spiro atoms. The SMILES string of the molecule is C#CCCC(NC(=O)[C@@H]1[C@@H]2[C@H](CN1C(=O)[C@@H](NC(=O)NC1(CSCc3ccco3)CCCCC1)C(C)(C)C)C2(C)C)C(=O)C(=O)NCC=C. The summed E-state index contributed by atoms with van der Waals surface area (Å²) in [7, 11) is 0. The number of piperidine rings is 1. The van der Waals surface area contributed by atoms with E-state index < -0.39 is 52.7 Å². The molecule has 0 bridgehead atoms. The van der Waals surface area contributed by atoms with Crippen LogP contribution in [0.2, 0.25) is 0 Å². The van der Waals surface area contributed by atoms with Crippen molar-refractivity contribution in [1.29, 1.82) is 0 Å². The summed E-state index contributed by atoms with van der Waals surface area (Å²) in [6.45, 7) is 13.8. The average Bonchev–Trinajstić information content (AvgIpc) is 3.48. The van der Waals surface area contributed by atoms with Crippen molar-refractivity contribution in [3.8, 4) is 12.3 Å². The lowest BCUT2D eigenvalue weighted by molar-refractivity contribution is -0.145. The molecule has 3 aliphatic rings. The van der Waals surface area contributed by atoms with E-state index in [0.717, 1.165) is 37.9 Å². The Hall–Kier alpha value is -3.72. The zero-order valence-corrected chi connectivity index (χ0v) is 30.4. The second-order valence-electron chi connectivity index (χ2n) is 15.4. The number of likely N-dealkylation sites (tertiary alicyclic amines) is 1. The third-order valence-electron chi connectivity index (χ3n) is 10.4. The molecule has 1 aliphatic heterocycles. The summed E-state index contributed by atoms with van der Waals surface area (Å²) in [4.78, 5) is 69.3. The van der Waals surface area contributed by atoms with E-state index >= 15 is 0 Å². The first-order chi connectivity index (χ1) is 23.1. The van der Waals surface area contributed by atoms with Crippen molar-refractivity contribution in [3.05, 3.63) is 36.8 Å². The minimum Gasteiger partial charge on any atom is -0.468 e. The zero-order valence-electron chi connectivity index (χ0n) is 29.6. The van der Waals surface area contributed by atoms with Crippen molar-refractivity contribution in [2.75, 3.05) is 18.8 Å². The number of carbonyl (C=O) groups is 5. The van der Waals surface area contributed by atoms with Crippen LogP contribution in [-0.4, -0.2) is 76.9 Å². The van der Waals surface area contributed by atoms with Crippen LogP contribution in [0.4, 0.5) is 4.79 Å². The monoisotopic (exact) mass is 695 g/mol. The van der Waals surface area contributed by atoms with Crippen molar-refractivity contribution in [2.24, 2.45) is 22.7 Å². The van der Waals surface area contributed by atoms with Crippen LogP contribution in [0, 0.1) is 35.0 Å². The number of hydrogen-bond acceptors (Lipinski definition) is 7. The minimum absolute atomic E-state index is 0.0779. The number of amides is 5. The third-order valence-corrected chi connectivity index (χ3v) is 11.6. The Bertz CT molecular complexity index is 1420. The molecule has 268 valence electrons. The van der Waals surface area contributed by atoms with Crippen LogP contribution in [0.25, 0.3) is 0 Å². The van der Waals surface area contributed by atoms with Crippen molar-refractivity contribution >= 4 is 41.3 Å². The van der Waals surface area contributed by atoms with Gasteiger partial charge < -0.3 is 30.6 Å². The van der Waals surface area contributed by atoms with Crippen molar-refractivity contribution in [1.82, 2.24) is 26.2 Å². The first-order valence-corrected chi connectivity index (χ1v) is 18.5. The van der Waals surface area contributed by atoms with Gasteiger partial charge in [0.1, 0.15) is 17.8 Å². The van der Waals surface area contributed by atoms with Gasteiger partial charge in [-0.1, -0.05) is 60.0 Å². The number of urea groups is 1. The van der Waals surface area contributed by atoms with Crippen LogP contribution in [-0.2, 0) is 24.9 Å². The van der Waals surface area contributed by atoms with Crippen LogP contribution in [0.15, 0.2) is 35.5 Å². The standard InChI is InChI=1S/C37H53N5O6S/c1-8-10-16-26(29(43)32(45)38-19-9-2)39-31(44)28-27-25(36(27,6)7)21-42(28)33(46)30(35(3,4)5)40-34(47)41-37(17-12-11-13-18-37)23-49-22-24-15-14-20-48-24/h1,9,14-15,20,25-28,30H,2,10-13,16-19,21-23H2,3-7H3,(H,38,45)(H,39,44)(H2,40,41,47)/t25-,26?,27-,28-,30+/m0/s1. The molecule has 0 aromatic carbocycles. The molecular weight excluding hydrogens is 643 g/mol. The van der Waals surface area contributed by atoms with Crippen LogP contribution in [0.1, 0.15) is 85.3 Å². The smallest absolute Gasteiger partial charge is 0.315 e. The summed E-state index contributed by atoms with van der Waals surface area (Å²) in [5, 5.41) is 11.5. The largest absolute Gasteiger partial charge is 0.468 e. The summed E-state index contributed by atoms with van der Waals surface area (Å²) >= 11 is 1.71. The predicted octanol–water partition coefficient (Wildman–Crippen LogP) is 4.18. The Morgan fingerprint density at radius 2 is 1.88 bits per heavy atom. The second kappa shape index (κ2) is 15.9. The highest BCUT2D eigenvalue weighted by atomic mass is 32.2. The van der Waals surface area contributed by atoms with E-state index in [4.69, 9.17) is 10.8 Å². The predicted molar refractivity (Wildman–Crippen MR) is 190 cm³/mol. The molecule has 3 fully saturated rings. The number of Topliss-reactive ketones (excluding diaryl/α,β-unsaturated/α-hetero) is 1. The van der Waals surface area contributed by atoms with E-state index in [1.807, 2.05) is 32.9 Å². The van der Waals surface area contributed by atoms with E-state index in [0.29, 0.717) is 18.1 Å². The molecule has 0 radical (unpaired) electrons. The number of terminal acetylenes is 1. The number of nitrogens with zero attached hydrogens (tertiary/aromatic N) is 1. The molecule has 4 rings (SSSR count). The normalized spacial score (nSPS) is 23.2. The van der Waals surface area contributed by atoms with E-state index in [-0.39, 0.29) is 42.5 Å². The molecule has 5 amide bonds. The lowest BCUT2D eigenvalue weighted by Gasteiger charge is -2.40. The van der Waals surface area contributed by atoms with E-state index in [1.165, 1.54) is 6.08 Å². The summed E-state index contributed by atoms with van der Waals surface area (Å²) in [5.41, 5.74) is -1.29.